The van der Waals surface area contributed by atoms with E-state index in [1.807, 2.05) is 0 Å². The Hall–Kier alpha value is -1.07. The number of nitrogens with two attached hydrogens (primary N) is 2. The van der Waals surface area contributed by atoms with Crippen molar-refractivity contribution in [1.29, 1.82) is 0 Å². The average Bonchev–Trinajstić information content (AvgIpc) is 2.47. The highest BCUT2D eigenvalue weighted by molar-refractivity contribution is 6.30. The minimum Gasteiger partial charge on any atom is -0.368 e. The van der Waals surface area contributed by atoms with E-state index in [1.165, 1.54) is 6.20 Å². The van der Waals surface area contributed by atoms with E-state index in [9.17, 15) is 4.79 Å². The third-order valence-electron chi connectivity index (χ3n) is 1.64. The van der Waals surface area contributed by atoms with E-state index in [-0.39, 0.29) is 0 Å². The maximum atomic E-state index is 10.6. The number of aryl methyl sites for hydroxylation is 1. The minimum absolute atomic E-state index is 0.466. The third-order valence-corrected chi connectivity index (χ3v) is 1.83. The van der Waals surface area contributed by atoms with Crippen molar-refractivity contribution < 1.29 is 4.79 Å². The maximum Gasteiger partial charge on any atom is 0.234 e. The first kappa shape index (κ1) is 10.0. The Kier molecular flexibility index (Phi) is 3.27. The second-order valence-electron chi connectivity index (χ2n) is 2.72. The number of hydrogen-bond donors (Lipinski definition) is 2. The molecule has 0 spiro atoms. The number of halogens is 1. The monoisotopic (exact) mass is 202 g/mol. The van der Waals surface area contributed by atoms with Gasteiger partial charge < -0.3 is 11.5 Å². The average molecular weight is 203 g/mol. The molecule has 0 saturated carbocycles. The molecular weight excluding hydrogens is 192 g/mol. The first-order chi connectivity index (χ1) is 6.09. The van der Waals surface area contributed by atoms with Crippen molar-refractivity contribution in [3.8, 4) is 0 Å². The number of amides is 1. The Morgan fingerprint density at radius 3 is 2.92 bits per heavy atom. The quantitative estimate of drug-likeness (QED) is 0.705. The summed E-state index contributed by atoms with van der Waals surface area (Å²) in [4.78, 5) is 10.6. The molecule has 0 aliphatic carbocycles. The van der Waals surface area contributed by atoms with Gasteiger partial charge in [-0.3, -0.25) is 9.48 Å². The van der Waals surface area contributed by atoms with Gasteiger partial charge in [0.15, 0.2) is 0 Å². The number of carbonyl (C=O) groups is 1. The molecule has 0 saturated heterocycles. The van der Waals surface area contributed by atoms with Gasteiger partial charge in [-0.05, 0) is 6.42 Å². The van der Waals surface area contributed by atoms with Crippen LogP contribution in [0.3, 0.4) is 0 Å². The molecule has 1 aromatic rings. The minimum atomic E-state index is -0.622. The van der Waals surface area contributed by atoms with Crippen LogP contribution in [-0.2, 0) is 11.3 Å². The predicted molar refractivity (Wildman–Crippen MR) is 49.0 cm³/mol. The number of hydrogen-bond acceptors (Lipinski definition) is 3. The Bertz CT molecular complexity index is 298. The fourth-order valence-electron chi connectivity index (χ4n) is 0.874. The Balaban J connectivity index is 2.39. The molecule has 0 aliphatic rings. The lowest BCUT2D eigenvalue weighted by molar-refractivity contribution is -0.119. The van der Waals surface area contributed by atoms with Gasteiger partial charge in [-0.15, -0.1) is 0 Å². The Labute approximate surface area is 80.6 Å². The normalized spacial score (nSPS) is 12.8. The molecule has 72 valence electrons. The molecule has 0 bridgehead atoms. The summed E-state index contributed by atoms with van der Waals surface area (Å²) in [5.74, 6) is -0.502. The van der Waals surface area contributed by atoms with Crippen molar-refractivity contribution >= 4 is 17.5 Å². The summed E-state index contributed by atoms with van der Waals surface area (Å²) in [7, 11) is 0. The molecule has 5 nitrogen and oxygen atoms in total. The summed E-state index contributed by atoms with van der Waals surface area (Å²) in [5.41, 5.74) is 10.4. The van der Waals surface area contributed by atoms with E-state index in [0.29, 0.717) is 18.0 Å². The Morgan fingerprint density at radius 2 is 2.46 bits per heavy atom. The predicted octanol–water partition coefficient (Wildman–Crippen LogP) is -0.261. The van der Waals surface area contributed by atoms with Crippen LogP contribution in [0.4, 0.5) is 0 Å². The van der Waals surface area contributed by atoms with Gasteiger partial charge in [0, 0.05) is 12.7 Å². The lowest BCUT2D eigenvalue weighted by atomic mass is 10.2. The van der Waals surface area contributed by atoms with Crippen molar-refractivity contribution in [1.82, 2.24) is 9.78 Å². The summed E-state index contributed by atoms with van der Waals surface area (Å²) in [6, 6.07) is -0.622. The zero-order valence-electron chi connectivity index (χ0n) is 6.98. The first-order valence-electron chi connectivity index (χ1n) is 3.82. The van der Waals surface area contributed by atoms with E-state index in [4.69, 9.17) is 23.1 Å². The number of primary amides is 1. The fraction of sp³-hybridized carbons (Fsp3) is 0.429. The van der Waals surface area contributed by atoms with Crippen molar-refractivity contribution in [2.45, 2.75) is 19.0 Å². The summed E-state index contributed by atoms with van der Waals surface area (Å²) in [6.45, 7) is 0.539. The van der Waals surface area contributed by atoms with Gasteiger partial charge in [-0.2, -0.15) is 5.10 Å². The highest BCUT2D eigenvalue weighted by atomic mass is 35.5. The molecule has 1 heterocycles. The molecule has 0 aliphatic heterocycles. The van der Waals surface area contributed by atoms with E-state index in [1.54, 1.807) is 10.9 Å². The highest BCUT2D eigenvalue weighted by Crippen LogP contribution is 2.05. The number of nitrogens with zero attached hydrogens (tertiary/aromatic N) is 2. The molecule has 13 heavy (non-hydrogen) atoms. The van der Waals surface area contributed by atoms with Crippen LogP contribution in [0, 0.1) is 0 Å². The topological polar surface area (TPSA) is 86.9 Å². The SMILES string of the molecule is NC(=O)C(N)CCn1cc(Cl)cn1. The first-order valence-corrected chi connectivity index (χ1v) is 4.20. The van der Waals surface area contributed by atoms with Gasteiger partial charge in [0.1, 0.15) is 0 Å². The number of rotatable bonds is 4. The van der Waals surface area contributed by atoms with Crippen LogP contribution in [0.25, 0.3) is 0 Å². The maximum absolute atomic E-state index is 10.6. The van der Waals surface area contributed by atoms with Crippen molar-refractivity contribution in [3.63, 3.8) is 0 Å². The van der Waals surface area contributed by atoms with Crippen molar-refractivity contribution in [3.05, 3.63) is 17.4 Å². The molecule has 1 amide bonds. The Morgan fingerprint density at radius 1 is 1.77 bits per heavy atom. The van der Waals surface area contributed by atoms with Crippen LogP contribution in [-0.4, -0.2) is 21.7 Å². The smallest absolute Gasteiger partial charge is 0.234 e. The summed E-state index contributed by atoms with van der Waals surface area (Å²) in [5, 5.41) is 4.49. The zero-order chi connectivity index (χ0) is 9.84. The van der Waals surface area contributed by atoms with E-state index >= 15 is 0 Å². The zero-order valence-corrected chi connectivity index (χ0v) is 7.74. The van der Waals surface area contributed by atoms with Crippen LogP contribution in [0.15, 0.2) is 12.4 Å². The van der Waals surface area contributed by atoms with Gasteiger partial charge in [0.25, 0.3) is 0 Å². The molecule has 1 atom stereocenters. The summed E-state index contributed by atoms with van der Waals surface area (Å²) >= 11 is 5.63. The molecule has 6 heteroatoms. The van der Waals surface area contributed by atoms with Crippen molar-refractivity contribution in [2.24, 2.45) is 11.5 Å². The number of aromatic nitrogens is 2. The van der Waals surface area contributed by atoms with Crippen LogP contribution in [0.1, 0.15) is 6.42 Å². The van der Waals surface area contributed by atoms with Crippen LogP contribution < -0.4 is 11.5 Å². The van der Waals surface area contributed by atoms with E-state index in [2.05, 4.69) is 5.10 Å². The van der Waals surface area contributed by atoms with E-state index < -0.39 is 11.9 Å². The largest absolute Gasteiger partial charge is 0.368 e. The molecular formula is C7H11ClN4O. The molecule has 1 rings (SSSR count). The third kappa shape index (κ3) is 3.04. The van der Waals surface area contributed by atoms with Crippen LogP contribution >= 0.6 is 11.6 Å². The summed E-state index contributed by atoms with van der Waals surface area (Å²) in [6.07, 6.45) is 3.65. The van der Waals surface area contributed by atoms with Gasteiger partial charge in [0.05, 0.1) is 17.3 Å². The van der Waals surface area contributed by atoms with Crippen LogP contribution in [0.5, 0.6) is 0 Å². The molecule has 4 N–H and O–H groups in total. The van der Waals surface area contributed by atoms with Gasteiger partial charge in [-0.1, -0.05) is 11.6 Å². The fourth-order valence-corrected chi connectivity index (χ4v) is 1.03. The van der Waals surface area contributed by atoms with E-state index in [0.717, 1.165) is 0 Å². The molecule has 1 unspecified atom stereocenters. The second kappa shape index (κ2) is 4.25. The molecule has 0 fully saturated rings. The van der Waals surface area contributed by atoms with Crippen molar-refractivity contribution in [2.75, 3.05) is 0 Å². The van der Waals surface area contributed by atoms with Gasteiger partial charge in [0.2, 0.25) is 5.91 Å². The molecule has 1 aromatic heterocycles. The lowest BCUT2D eigenvalue weighted by Crippen LogP contribution is -2.37. The summed E-state index contributed by atoms with van der Waals surface area (Å²) < 4.78 is 1.62. The second-order valence-corrected chi connectivity index (χ2v) is 3.16. The van der Waals surface area contributed by atoms with Gasteiger partial charge >= 0.3 is 0 Å². The van der Waals surface area contributed by atoms with Gasteiger partial charge in [-0.25, -0.2) is 0 Å². The number of carbonyl (C=O) groups excluding carboxylic acids is 1. The standard InChI is InChI=1S/C7H11ClN4O/c8-5-3-11-12(4-5)2-1-6(9)7(10)13/h3-4,6H,1-2,9H2,(H2,10,13). The highest BCUT2D eigenvalue weighted by Gasteiger charge is 2.08. The van der Waals surface area contributed by atoms with Crippen LogP contribution in [0.2, 0.25) is 5.02 Å². The molecule has 0 aromatic carbocycles. The molecule has 0 radical (unpaired) electrons. The lowest BCUT2D eigenvalue weighted by Gasteiger charge is -2.06.